The molecule has 0 spiro atoms. The molecule has 0 aliphatic carbocycles. The third-order valence-corrected chi connectivity index (χ3v) is 6.28. The number of hydrogen-bond acceptors (Lipinski definition) is 4. The summed E-state index contributed by atoms with van der Waals surface area (Å²) < 4.78 is 5.48. The largest absolute Gasteiger partial charge is 0.379 e. The quantitative estimate of drug-likeness (QED) is 0.758. The molecule has 28 heavy (non-hydrogen) atoms. The van der Waals surface area contributed by atoms with E-state index in [1.54, 1.807) is 11.3 Å². The van der Waals surface area contributed by atoms with Crippen molar-refractivity contribution >= 4 is 17.2 Å². The van der Waals surface area contributed by atoms with Crippen LogP contribution in [-0.2, 0) is 21.4 Å². The molecule has 0 radical (unpaired) electrons. The smallest absolute Gasteiger partial charge is 0.220 e. The summed E-state index contributed by atoms with van der Waals surface area (Å²) in [5.41, 5.74) is 2.70. The lowest BCUT2D eigenvalue weighted by molar-refractivity contribution is -0.121. The summed E-state index contributed by atoms with van der Waals surface area (Å²) in [6.07, 6.45) is 1.30. The van der Waals surface area contributed by atoms with Gasteiger partial charge in [-0.05, 0) is 34.4 Å². The Balaban J connectivity index is 1.50. The first-order chi connectivity index (χ1) is 13.4. The van der Waals surface area contributed by atoms with Gasteiger partial charge in [0.05, 0.1) is 19.3 Å². The first kappa shape index (κ1) is 21.0. The first-order valence-corrected chi connectivity index (χ1v) is 11.0. The van der Waals surface area contributed by atoms with Gasteiger partial charge in [-0.2, -0.15) is 0 Å². The zero-order valence-corrected chi connectivity index (χ0v) is 18.1. The highest BCUT2D eigenvalue weighted by Crippen LogP contribution is 2.25. The number of hydrogen-bond donors (Lipinski definition) is 1. The molecule has 5 heteroatoms. The summed E-state index contributed by atoms with van der Waals surface area (Å²) >= 11 is 1.76. The second-order valence-electron chi connectivity index (χ2n) is 8.43. The summed E-state index contributed by atoms with van der Waals surface area (Å²) in [6.45, 7) is 10.7. The summed E-state index contributed by atoms with van der Waals surface area (Å²) in [5, 5.41) is 5.26. The molecule has 1 aromatic heterocycles. The number of carbonyl (C=O) groups excluding carboxylic acids is 1. The second-order valence-corrected chi connectivity index (χ2v) is 9.41. The van der Waals surface area contributed by atoms with E-state index in [1.165, 1.54) is 16.0 Å². The minimum absolute atomic E-state index is 0.120. The highest BCUT2D eigenvalue weighted by atomic mass is 32.1. The number of carbonyl (C=O) groups is 1. The lowest BCUT2D eigenvalue weighted by atomic mass is 9.86. The third kappa shape index (κ3) is 5.90. The van der Waals surface area contributed by atoms with Gasteiger partial charge < -0.3 is 10.1 Å². The monoisotopic (exact) mass is 400 g/mol. The average molecular weight is 401 g/mol. The van der Waals surface area contributed by atoms with E-state index in [9.17, 15) is 4.79 Å². The molecule has 4 nitrogen and oxygen atoms in total. The van der Waals surface area contributed by atoms with Crippen LogP contribution in [0.15, 0.2) is 41.8 Å². The van der Waals surface area contributed by atoms with Crippen LogP contribution in [0.5, 0.6) is 0 Å². The lowest BCUT2D eigenvalue weighted by Crippen LogP contribution is -2.43. The maximum absolute atomic E-state index is 12.4. The van der Waals surface area contributed by atoms with E-state index < -0.39 is 0 Å². The number of amides is 1. The Kier molecular flexibility index (Phi) is 7.27. The van der Waals surface area contributed by atoms with Crippen molar-refractivity contribution in [3.8, 4) is 0 Å². The Morgan fingerprint density at radius 2 is 1.89 bits per heavy atom. The third-order valence-electron chi connectivity index (χ3n) is 5.31. The van der Waals surface area contributed by atoms with E-state index in [1.807, 2.05) is 0 Å². The van der Waals surface area contributed by atoms with E-state index in [0.29, 0.717) is 13.0 Å². The van der Waals surface area contributed by atoms with Gasteiger partial charge in [-0.15, -0.1) is 11.3 Å². The molecule has 1 atom stereocenters. The van der Waals surface area contributed by atoms with E-state index >= 15 is 0 Å². The predicted octanol–water partition coefficient (Wildman–Crippen LogP) is 4.17. The van der Waals surface area contributed by atoms with E-state index in [0.717, 1.165) is 32.7 Å². The van der Waals surface area contributed by atoms with Crippen molar-refractivity contribution in [3.63, 3.8) is 0 Å². The minimum atomic E-state index is 0.120. The Bertz CT molecular complexity index is 729. The van der Waals surface area contributed by atoms with E-state index in [4.69, 9.17) is 4.74 Å². The van der Waals surface area contributed by atoms with Gasteiger partial charge in [0.25, 0.3) is 0 Å². The zero-order valence-electron chi connectivity index (χ0n) is 17.2. The predicted molar refractivity (Wildman–Crippen MR) is 116 cm³/mol. The molecule has 0 bridgehead atoms. The topological polar surface area (TPSA) is 41.6 Å². The molecule has 1 amide bonds. The van der Waals surface area contributed by atoms with Gasteiger partial charge in [-0.1, -0.05) is 51.1 Å². The molecule has 152 valence electrons. The van der Waals surface area contributed by atoms with Gasteiger partial charge in [-0.25, -0.2) is 0 Å². The average Bonchev–Trinajstić information content (AvgIpc) is 3.21. The molecule has 1 fully saturated rings. The van der Waals surface area contributed by atoms with Crippen molar-refractivity contribution in [3.05, 3.63) is 57.8 Å². The molecule has 1 N–H and O–H groups in total. The Morgan fingerprint density at radius 1 is 1.18 bits per heavy atom. The van der Waals surface area contributed by atoms with Crippen molar-refractivity contribution in [2.75, 3.05) is 32.8 Å². The molecule has 3 rings (SSSR count). The summed E-state index contributed by atoms with van der Waals surface area (Å²) in [7, 11) is 0. The molecule has 2 heterocycles. The van der Waals surface area contributed by atoms with Gasteiger partial charge in [0.15, 0.2) is 0 Å². The number of aryl methyl sites for hydroxylation is 1. The van der Waals surface area contributed by atoms with Crippen LogP contribution in [0, 0.1) is 0 Å². The number of nitrogens with zero attached hydrogens (tertiary/aromatic N) is 1. The molecule has 0 saturated carbocycles. The van der Waals surface area contributed by atoms with Gasteiger partial charge >= 0.3 is 0 Å². The fourth-order valence-corrected chi connectivity index (χ4v) is 4.37. The number of rotatable bonds is 7. The van der Waals surface area contributed by atoms with Crippen molar-refractivity contribution in [1.82, 2.24) is 10.2 Å². The van der Waals surface area contributed by atoms with Crippen molar-refractivity contribution < 1.29 is 9.53 Å². The van der Waals surface area contributed by atoms with Crippen LogP contribution in [0.2, 0.25) is 0 Å². The van der Waals surface area contributed by atoms with Crippen LogP contribution in [-0.4, -0.2) is 43.7 Å². The summed E-state index contributed by atoms with van der Waals surface area (Å²) in [4.78, 5) is 16.2. The number of thiophene rings is 1. The maximum Gasteiger partial charge on any atom is 0.220 e. The molecular formula is C23H32N2O2S. The Labute approximate surface area is 172 Å². The molecule has 1 aliphatic heterocycles. The van der Waals surface area contributed by atoms with Crippen molar-refractivity contribution in [2.24, 2.45) is 0 Å². The molecule has 0 unspecified atom stereocenters. The Morgan fingerprint density at radius 3 is 2.50 bits per heavy atom. The van der Waals surface area contributed by atoms with Crippen LogP contribution in [0.3, 0.4) is 0 Å². The van der Waals surface area contributed by atoms with Crippen molar-refractivity contribution in [1.29, 1.82) is 0 Å². The number of nitrogens with one attached hydrogen (secondary N) is 1. The molecule has 1 aliphatic rings. The van der Waals surface area contributed by atoms with E-state index in [2.05, 4.69) is 72.8 Å². The standard InChI is InChI=1S/C23H32N2O2S/c1-23(2,3)19-9-6-18(7-10-19)8-11-22(26)24-17-20(21-5-4-16-28-21)25-12-14-27-15-13-25/h4-7,9-10,16,20H,8,11-15,17H2,1-3H3,(H,24,26)/t20-/m0/s1. The molecule has 1 saturated heterocycles. The minimum Gasteiger partial charge on any atom is -0.379 e. The van der Waals surface area contributed by atoms with Gasteiger partial charge in [-0.3, -0.25) is 9.69 Å². The van der Waals surface area contributed by atoms with Crippen molar-refractivity contribution in [2.45, 2.75) is 45.1 Å². The van der Waals surface area contributed by atoms with Gasteiger partial charge in [0.2, 0.25) is 5.91 Å². The Hall–Kier alpha value is -1.69. The summed E-state index contributed by atoms with van der Waals surface area (Å²) in [5.74, 6) is 0.120. The maximum atomic E-state index is 12.4. The lowest BCUT2D eigenvalue weighted by Gasteiger charge is -2.34. The zero-order chi connectivity index (χ0) is 20.0. The van der Waals surface area contributed by atoms with Crippen LogP contribution < -0.4 is 5.32 Å². The fourth-order valence-electron chi connectivity index (χ4n) is 3.51. The molecule has 1 aromatic carbocycles. The number of morpholine rings is 1. The SMILES string of the molecule is CC(C)(C)c1ccc(CCC(=O)NC[C@@H](c2cccs2)N2CCOCC2)cc1. The van der Waals surface area contributed by atoms with Crippen LogP contribution >= 0.6 is 11.3 Å². The van der Waals surface area contributed by atoms with Crippen LogP contribution in [0.25, 0.3) is 0 Å². The van der Waals surface area contributed by atoms with Crippen LogP contribution in [0.4, 0.5) is 0 Å². The molecule has 2 aromatic rings. The van der Waals surface area contributed by atoms with Gasteiger partial charge in [0.1, 0.15) is 0 Å². The highest BCUT2D eigenvalue weighted by Gasteiger charge is 2.23. The van der Waals surface area contributed by atoms with Gasteiger partial charge in [0, 0.05) is 30.9 Å². The molecular weight excluding hydrogens is 368 g/mol. The summed E-state index contributed by atoms with van der Waals surface area (Å²) in [6, 6.07) is 13.1. The number of ether oxygens (including phenoxy) is 1. The van der Waals surface area contributed by atoms with Crippen LogP contribution in [0.1, 0.15) is 49.2 Å². The first-order valence-electron chi connectivity index (χ1n) is 10.1. The number of benzene rings is 1. The highest BCUT2D eigenvalue weighted by molar-refractivity contribution is 7.10. The normalized spacial score (nSPS) is 16.7. The second kappa shape index (κ2) is 9.68. The van der Waals surface area contributed by atoms with E-state index in [-0.39, 0.29) is 17.4 Å². The fraction of sp³-hybridized carbons (Fsp3) is 0.522.